The van der Waals surface area contributed by atoms with Crippen LogP contribution in [-0.4, -0.2) is 38.9 Å². The molecular formula is C7H11N5O4. The normalized spacial score (nSPS) is 10.1. The van der Waals surface area contributed by atoms with Crippen molar-refractivity contribution in [1.29, 1.82) is 0 Å². The second kappa shape index (κ2) is 5.75. The highest BCUT2D eigenvalue weighted by molar-refractivity contribution is 5.75. The minimum atomic E-state index is -0.728. The third-order valence-corrected chi connectivity index (χ3v) is 1.57. The van der Waals surface area contributed by atoms with Crippen molar-refractivity contribution in [3.63, 3.8) is 0 Å². The Hall–Kier alpha value is -2.03. The number of nitrogens with zero attached hydrogens (tertiary/aromatic N) is 4. The van der Waals surface area contributed by atoms with Gasteiger partial charge in [-0.15, -0.1) is 0 Å². The van der Waals surface area contributed by atoms with Crippen molar-refractivity contribution in [2.75, 3.05) is 13.3 Å². The Bertz CT molecular complexity index is 377. The van der Waals surface area contributed by atoms with Gasteiger partial charge in [0.1, 0.15) is 13.3 Å². The Kier molecular flexibility index (Phi) is 4.33. The largest absolute Gasteiger partial charge is 0.490 e. The van der Waals surface area contributed by atoms with Gasteiger partial charge in [0.25, 0.3) is 0 Å². The standard InChI is InChI=1S/C7H11N5O4/c1-2-16-5-9-6(13)3-11-4-8-7(10-11)12(14)15/h4H,2-3,5H2,1H3,(H,9,13). The van der Waals surface area contributed by atoms with Gasteiger partial charge in [0.15, 0.2) is 0 Å². The van der Waals surface area contributed by atoms with Gasteiger partial charge in [0, 0.05) is 11.7 Å². The molecule has 16 heavy (non-hydrogen) atoms. The summed E-state index contributed by atoms with van der Waals surface area (Å²) in [5.41, 5.74) is 0. The van der Waals surface area contributed by atoms with E-state index in [4.69, 9.17) is 4.74 Å². The second-order valence-corrected chi connectivity index (χ2v) is 2.74. The maximum absolute atomic E-state index is 11.2. The van der Waals surface area contributed by atoms with E-state index in [0.29, 0.717) is 6.61 Å². The minimum absolute atomic E-state index is 0.103. The van der Waals surface area contributed by atoms with Gasteiger partial charge < -0.3 is 20.2 Å². The van der Waals surface area contributed by atoms with Gasteiger partial charge in [-0.1, -0.05) is 4.98 Å². The average molecular weight is 229 g/mol. The number of hydrogen-bond donors (Lipinski definition) is 1. The molecule has 0 aliphatic heterocycles. The maximum atomic E-state index is 11.2. The number of nitrogens with one attached hydrogen (secondary N) is 1. The van der Waals surface area contributed by atoms with Crippen LogP contribution in [0.15, 0.2) is 6.33 Å². The van der Waals surface area contributed by atoms with Crippen LogP contribution in [0.3, 0.4) is 0 Å². The molecule has 9 heteroatoms. The molecule has 0 unspecified atom stereocenters. The molecule has 1 amide bonds. The summed E-state index contributed by atoms with van der Waals surface area (Å²) in [5, 5.41) is 16.2. The Morgan fingerprint density at radius 2 is 2.50 bits per heavy atom. The number of hydrogen-bond acceptors (Lipinski definition) is 6. The van der Waals surface area contributed by atoms with Crippen molar-refractivity contribution in [3.05, 3.63) is 16.4 Å². The first-order valence-corrected chi connectivity index (χ1v) is 4.51. The fraction of sp³-hybridized carbons (Fsp3) is 0.571. The molecule has 1 aromatic rings. The molecule has 1 aromatic heterocycles. The fourth-order valence-electron chi connectivity index (χ4n) is 0.881. The molecule has 1 rings (SSSR count). The fourth-order valence-corrected chi connectivity index (χ4v) is 0.881. The maximum Gasteiger partial charge on any atom is 0.490 e. The lowest BCUT2D eigenvalue weighted by Crippen LogP contribution is -2.29. The number of nitro groups is 1. The molecule has 88 valence electrons. The van der Waals surface area contributed by atoms with Crippen molar-refractivity contribution in [1.82, 2.24) is 20.1 Å². The topological polar surface area (TPSA) is 112 Å². The Labute approximate surface area is 90.6 Å². The van der Waals surface area contributed by atoms with E-state index < -0.39 is 10.9 Å². The molecule has 0 atom stereocenters. The smallest absolute Gasteiger partial charge is 0.390 e. The minimum Gasteiger partial charge on any atom is -0.390 e. The highest BCUT2D eigenvalue weighted by atomic mass is 16.6. The molecule has 0 radical (unpaired) electrons. The van der Waals surface area contributed by atoms with Crippen LogP contribution in [0.5, 0.6) is 0 Å². The van der Waals surface area contributed by atoms with E-state index in [1.54, 1.807) is 6.92 Å². The van der Waals surface area contributed by atoms with Crippen LogP contribution in [0.25, 0.3) is 0 Å². The number of carbonyl (C=O) groups excluding carboxylic acids is 1. The molecule has 0 spiro atoms. The molecule has 0 aliphatic rings. The molecule has 0 fully saturated rings. The highest BCUT2D eigenvalue weighted by Crippen LogP contribution is 1.98. The molecule has 0 saturated heterocycles. The van der Waals surface area contributed by atoms with Crippen LogP contribution in [0.2, 0.25) is 0 Å². The van der Waals surface area contributed by atoms with E-state index in [-0.39, 0.29) is 19.2 Å². The van der Waals surface area contributed by atoms with Crippen LogP contribution in [0, 0.1) is 10.1 Å². The lowest BCUT2D eigenvalue weighted by atomic mass is 10.6. The lowest BCUT2D eigenvalue weighted by Gasteiger charge is -2.02. The molecule has 1 heterocycles. The second-order valence-electron chi connectivity index (χ2n) is 2.74. The average Bonchev–Trinajstić information content (AvgIpc) is 2.66. The molecule has 0 aromatic carbocycles. The van der Waals surface area contributed by atoms with E-state index in [0.717, 1.165) is 11.0 Å². The van der Waals surface area contributed by atoms with Crippen LogP contribution in [-0.2, 0) is 16.1 Å². The van der Waals surface area contributed by atoms with Crippen molar-refractivity contribution in [2.24, 2.45) is 0 Å². The summed E-state index contributed by atoms with van der Waals surface area (Å²) in [6, 6.07) is 0. The van der Waals surface area contributed by atoms with E-state index in [9.17, 15) is 14.9 Å². The van der Waals surface area contributed by atoms with Crippen molar-refractivity contribution in [3.8, 4) is 0 Å². The molecule has 0 saturated carbocycles. The summed E-state index contributed by atoms with van der Waals surface area (Å²) < 4.78 is 5.98. The lowest BCUT2D eigenvalue weighted by molar-refractivity contribution is -0.394. The van der Waals surface area contributed by atoms with Gasteiger partial charge >= 0.3 is 5.95 Å². The van der Waals surface area contributed by atoms with Gasteiger partial charge in [-0.2, -0.15) is 4.68 Å². The Morgan fingerprint density at radius 3 is 3.06 bits per heavy atom. The van der Waals surface area contributed by atoms with Crippen molar-refractivity contribution in [2.45, 2.75) is 13.5 Å². The summed E-state index contributed by atoms with van der Waals surface area (Å²) in [4.78, 5) is 24.2. The molecule has 0 bridgehead atoms. The van der Waals surface area contributed by atoms with Crippen molar-refractivity contribution >= 4 is 11.9 Å². The SMILES string of the molecule is CCOCNC(=O)Cn1cnc([N+](=O)[O-])n1. The summed E-state index contributed by atoms with van der Waals surface area (Å²) in [5.74, 6) is -0.883. The zero-order valence-electron chi connectivity index (χ0n) is 8.62. The number of carbonyl (C=O) groups is 1. The first-order chi connectivity index (χ1) is 7.63. The third-order valence-electron chi connectivity index (χ3n) is 1.57. The Balaban J connectivity index is 2.40. The highest BCUT2D eigenvalue weighted by Gasteiger charge is 2.14. The number of rotatable bonds is 6. The number of aromatic nitrogens is 3. The molecule has 1 N–H and O–H groups in total. The van der Waals surface area contributed by atoms with Crippen LogP contribution in [0.4, 0.5) is 5.95 Å². The van der Waals surface area contributed by atoms with E-state index in [1.165, 1.54) is 0 Å². The van der Waals surface area contributed by atoms with Gasteiger partial charge in [-0.05, 0) is 11.8 Å². The molecule has 0 aliphatic carbocycles. The third kappa shape index (κ3) is 3.61. The quantitative estimate of drug-likeness (QED) is 0.298. The predicted octanol–water partition coefficient (Wildman–Crippen LogP) is -0.704. The van der Waals surface area contributed by atoms with E-state index in [2.05, 4.69) is 15.4 Å². The summed E-state index contributed by atoms with van der Waals surface area (Å²) in [6.45, 7) is 2.27. The zero-order chi connectivity index (χ0) is 12.0. The summed E-state index contributed by atoms with van der Waals surface area (Å²) in [7, 11) is 0. The molecule has 9 nitrogen and oxygen atoms in total. The summed E-state index contributed by atoms with van der Waals surface area (Å²) in [6.07, 6.45) is 1.12. The van der Waals surface area contributed by atoms with Gasteiger partial charge in [-0.3, -0.25) is 4.79 Å². The van der Waals surface area contributed by atoms with E-state index in [1.807, 2.05) is 0 Å². The van der Waals surface area contributed by atoms with Crippen LogP contribution < -0.4 is 5.32 Å². The Morgan fingerprint density at radius 1 is 1.75 bits per heavy atom. The monoisotopic (exact) mass is 229 g/mol. The van der Waals surface area contributed by atoms with Crippen LogP contribution >= 0.6 is 0 Å². The zero-order valence-corrected chi connectivity index (χ0v) is 8.62. The first kappa shape index (κ1) is 12.0. The predicted molar refractivity (Wildman–Crippen MR) is 51.3 cm³/mol. The molecular weight excluding hydrogens is 218 g/mol. The van der Waals surface area contributed by atoms with Gasteiger partial charge in [0.05, 0.1) is 0 Å². The number of amides is 1. The first-order valence-electron chi connectivity index (χ1n) is 4.51. The van der Waals surface area contributed by atoms with Gasteiger partial charge in [-0.25, -0.2) is 0 Å². The number of ether oxygens (including phenoxy) is 1. The van der Waals surface area contributed by atoms with Crippen molar-refractivity contribution < 1.29 is 14.5 Å². The van der Waals surface area contributed by atoms with Crippen LogP contribution in [0.1, 0.15) is 6.92 Å². The summed E-state index contributed by atoms with van der Waals surface area (Å²) >= 11 is 0. The van der Waals surface area contributed by atoms with Gasteiger partial charge in [0.2, 0.25) is 12.2 Å². The van der Waals surface area contributed by atoms with E-state index >= 15 is 0 Å².